The number of ether oxygens (including phenoxy) is 2. The summed E-state index contributed by atoms with van der Waals surface area (Å²) in [6, 6.07) is 24.4. The summed E-state index contributed by atoms with van der Waals surface area (Å²) in [6.45, 7) is 7.08. The number of carbonyl (C=O) groups is 1. The van der Waals surface area contributed by atoms with Gasteiger partial charge in [0.25, 0.3) is 5.91 Å². The standard InChI is InChI=1S/C31H34INO4/c1-20-28(30(2,3)22-12-14-24(36-4)15-13-22)27(16-17-34)37-31(20)25-10-5-6-11-26(25)33(29(31)35)19-21-8-7-9-23(32)18-21/h5-15,18,20,27-28,34H,16-17,19H2,1-4H3/t20-,27+,28-,31+/m0/s1. The van der Waals surface area contributed by atoms with Gasteiger partial charge in [-0.2, -0.15) is 0 Å². The Bertz CT molecular complexity index is 1290. The molecule has 37 heavy (non-hydrogen) atoms. The molecule has 4 atom stereocenters. The predicted molar refractivity (Wildman–Crippen MR) is 154 cm³/mol. The van der Waals surface area contributed by atoms with Crippen molar-refractivity contribution >= 4 is 34.2 Å². The minimum atomic E-state index is -1.09. The van der Waals surface area contributed by atoms with Crippen LogP contribution in [0.4, 0.5) is 5.69 Å². The lowest BCUT2D eigenvalue weighted by molar-refractivity contribution is -0.146. The molecule has 0 bridgehead atoms. The van der Waals surface area contributed by atoms with Gasteiger partial charge in [0.2, 0.25) is 0 Å². The Balaban J connectivity index is 1.58. The van der Waals surface area contributed by atoms with E-state index in [-0.39, 0.29) is 35.9 Å². The van der Waals surface area contributed by atoms with Crippen molar-refractivity contribution in [1.82, 2.24) is 0 Å². The fraction of sp³-hybridized carbons (Fsp3) is 0.387. The van der Waals surface area contributed by atoms with Gasteiger partial charge in [-0.15, -0.1) is 0 Å². The van der Waals surface area contributed by atoms with Gasteiger partial charge in [0.15, 0.2) is 5.60 Å². The zero-order valence-electron chi connectivity index (χ0n) is 21.8. The highest BCUT2D eigenvalue weighted by Crippen LogP contribution is 2.59. The summed E-state index contributed by atoms with van der Waals surface area (Å²) in [5, 5.41) is 10.0. The van der Waals surface area contributed by atoms with Crippen LogP contribution in [-0.2, 0) is 27.1 Å². The number of nitrogens with zero attached hydrogens (tertiary/aromatic N) is 1. The third-order valence-corrected chi connectivity index (χ3v) is 9.06. The molecule has 1 saturated heterocycles. The van der Waals surface area contributed by atoms with E-state index in [2.05, 4.69) is 73.7 Å². The molecule has 6 heteroatoms. The quantitative estimate of drug-likeness (QED) is 0.331. The lowest BCUT2D eigenvalue weighted by atomic mass is 9.63. The van der Waals surface area contributed by atoms with Crippen LogP contribution >= 0.6 is 22.6 Å². The highest BCUT2D eigenvalue weighted by Gasteiger charge is 2.65. The van der Waals surface area contributed by atoms with Crippen LogP contribution in [0.2, 0.25) is 0 Å². The molecule has 2 aliphatic rings. The van der Waals surface area contributed by atoms with Gasteiger partial charge in [-0.3, -0.25) is 4.79 Å². The molecule has 1 amide bonds. The van der Waals surface area contributed by atoms with Gasteiger partial charge in [0.05, 0.1) is 25.4 Å². The normalized spacial score (nSPS) is 25.1. The molecule has 0 aromatic heterocycles. The third-order valence-electron chi connectivity index (χ3n) is 8.39. The number of amides is 1. The van der Waals surface area contributed by atoms with E-state index >= 15 is 0 Å². The Labute approximate surface area is 232 Å². The molecule has 2 heterocycles. The average Bonchev–Trinajstić information content (AvgIpc) is 3.32. The summed E-state index contributed by atoms with van der Waals surface area (Å²) in [4.78, 5) is 16.3. The SMILES string of the molecule is COc1ccc(C(C)(C)[C@@H]2[C@@H](CCO)O[C@]3(C(=O)N(Cc4cccc(I)c4)c4ccccc43)[C@H]2C)cc1. The average molecular weight is 612 g/mol. The smallest absolute Gasteiger partial charge is 0.264 e. The number of hydrogen-bond donors (Lipinski definition) is 1. The summed E-state index contributed by atoms with van der Waals surface area (Å²) in [7, 11) is 1.67. The van der Waals surface area contributed by atoms with Gasteiger partial charge in [0.1, 0.15) is 5.75 Å². The molecule has 0 radical (unpaired) electrons. The summed E-state index contributed by atoms with van der Waals surface area (Å²) in [5.41, 5.74) is 2.67. The van der Waals surface area contributed by atoms with Gasteiger partial charge in [-0.1, -0.05) is 63.2 Å². The Morgan fingerprint density at radius 2 is 1.81 bits per heavy atom. The monoisotopic (exact) mass is 611 g/mol. The largest absolute Gasteiger partial charge is 0.497 e. The minimum absolute atomic E-state index is 0.00248. The molecule has 194 valence electrons. The summed E-state index contributed by atoms with van der Waals surface area (Å²) in [6.07, 6.45) is 0.203. The first-order valence-electron chi connectivity index (χ1n) is 12.8. The molecule has 2 aliphatic heterocycles. The number of aliphatic hydroxyl groups excluding tert-OH is 1. The Hall–Kier alpha value is -2.42. The number of fused-ring (bicyclic) bond motifs is 2. The van der Waals surface area contributed by atoms with Gasteiger partial charge in [-0.25, -0.2) is 0 Å². The molecule has 0 unspecified atom stereocenters. The van der Waals surface area contributed by atoms with Crippen LogP contribution in [0.3, 0.4) is 0 Å². The van der Waals surface area contributed by atoms with Crippen molar-refractivity contribution in [3.05, 3.63) is 93.1 Å². The second-order valence-corrected chi connectivity index (χ2v) is 12.0. The van der Waals surface area contributed by atoms with Crippen molar-refractivity contribution in [2.45, 2.75) is 50.9 Å². The highest BCUT2D eigenvalue weighted by molar-refractivity contribution is 14.1. The number of aliphatic hydroxyl groups is 1. The number of hydrogen-bond acceptors (Lipinski definition) is 4. The van der Waals surface area contributed by atoms with Gasteiger partial charge >= 0.3 is 0 Å². The first kappa shape index (κ1) is 26.2. The van der Waals surface area contributed by atoms with E-state index in [0.29, 0.717) is 13.0 Å². The van der Waals surface area contributed by atoms with Crippen LogP contribution < -0.4 is 9.64 Å². The number of methoxy groups -OCH3 is 1. The molecule has 0 aliphatic carbocycles. The lowest BCUT2D eigenvalue weighted by Crippen LogP contribution is -2.45. The van der Waals surface area contributed by atoms with Gasteiger partial charge < -0.3 is 19.5 Å². The van der Waals surface area contributed by atoms with E-state index in [4.69, 9.17) is 9.47 Å². The maximum absolute atomic E-state index is 14.4. The molecular weight excluding hydrogens is 577 g/mol. The van der Waals surface area contributed by atoms with E-state index < -0.39 is 5.60 Å². The predicted octanol–water partition coefficient (Wildman–Crippen LogP) is 6.05. The minimum Gasteiger partial charge on any atom is -0.497 e. The fourth-order valence-electron chi connectivity index (χ4n) is 6.64. The van der Waals surface area contributed by atoms with Crippen LogP contribution in [0.25, 0.3) is 0 Å². The van der Waals surface area contributed by atoms with Gasteiger partial charge in [0, 0.05) is 27.6 Å². The fourth-order valence-corrected chi connectivity index (χ4v) is 7.25. The Kier molecular flexibility index (Phi) is 7.11. The van der Waals surface area contributed by atoms with E-state index in [1.54, 1.807) is 7.11 Å². The second-order valence-electron chi connectivity index (χ2n) is 10.7. The van der Waals surface area contributed by atoms with E-state index in [0.717, 1.165) is 31.7 Å². The number of para-hydroxylation sites is 1. The molecule has 3 aromatic carbocycles. The van der Waals surface area contributed by atoms with Crippen LogP contribution in [0.1, 0.15) is 43.9 Å². The van der Waals surface area contributed by atoms with Crippen molar-refractivity contribution < 1.29 is 19.4 Å². The summed E-state index contributed by atoms with van der Waals surface area (Å²) >= 11 is 2.31. The number of carbonyl (C=O) groups excluding carboxylic acids is 1. The first-order valence-corrected chi connectivity index (χ1v) is 13.9. The Morgan fingerprint density at radius 1 is 1.08 bits per heavy atom. The molecule has 1 spiro atoms. The Morgan fingerprint density at radius 3 is 2.49 bits per heavy atom. The maximum Gasteiger partial charge on any atom is 0.264 e. The van der Waals surface area contributed by atoms with Crippen LogP contribution in [0.5, 0.6) is 5.75 Å². The third kappa shape index (κ3) is 4.27. The van der Waals surface area contributed by atoms with E-state index in [1.165, 1.54) is 0 Å². The van der Waals surface area contributed by atoms with Crippen molar-refractivity contribution in [3.8, 4) is 5.75 Å². The van der Waals surface area contributed by atoms with Crippen molar-refractivity contribution in [2.75, 3.05) is 18.6 Å². The second kappa shape index (κ2) is 10.0. The number of benzene rings is 3. The molecular formula is C31H34INO4. The number of rotatable bonds is 7. The van der Waals surface area contributed by atoms with Crippen molar-refractivity contribution in [1.29, 1.82) is 0 Å². The summed E-state index contributed by atoms with van der Waals surface area (Å²) in [5.74, 6) is 0.680. The molecule has 1 fully saturated rings. The molecule has 0 saturated carbocycles. The van der Waals surface area contributed by atoms with Gasteiger partial charge in [-0.05, 0) is 75.9 Å². The van der Waals surface area contributed by atoms with Crippen LogP contribution in [0.15, 0.2) is 72.8 Å². The van der Waals surface area contributed by atoms with E-state index in [1.807, 2.05) is 47.4 Å². The van der Waals surface area contributed by atoms with Crippen LogP contribution in [-0.4, -0.2) is 30.8 Å². The zero-order valence-corrected chi connectivity index (χ0v) is 23.9. The maximum atomic E-state index is 14.4. The topological polar surface area (TPSA) is 59.0 Å². The molecule has 5 nitrogen and oxygen atoms in total. The van der Waals surface area contributed by atoms with Crippen molar-refractivity contribution in [3.63, 3.8) is 0 Å². The first-order chi connectivity index (χ1) is 17.7. The number of anilines is 1. The molecule has 3 aromatic rings. The lowest BCUT2D eigenvalue weighted by Gasteiger charge is -2.38. The molecule has 1 N–H and O–H groups in total. The van der Waals surface area contributed by atoms with Crippen molar-refractivity contribution in [2.24, 2.45) is 11.8 Å². The number of halogens is 1. The van der Waals surface area contributed by atoms with E-state index in [9.17, 15) is 9.90 Å². The molecule has 5 rings (SSSR count). The van der Waals surface area contributed by atoms with Crippen LogP contribution in [0, 0.1) is 15.4 Å². The highest BCUT2D eigenvalue weighted by atomic mass is 127. The summed E-state index contributed by atoms with van der Waals surface area (Å²) < 4.78 is 13.4. The zero-order chi connectivity index (χ0) is 26.4.